The second-order valence-electron chi connectivity index (χ2n) is 6.92. The molecule has 2 aromatic carbocycles. The molecule has 0 saturated heterocycles. The summed E-state index contributed by atoms with van der Waals surface area (Å²) >= 11 is 0. The Balaban J connectivity index is 1.65. The van der Waals surface area contributed by atoms with Gasteiger partial charge in [-0.1, -0.05) is 12.0 Å². The molecule has 33 heavy (non-hydrogen) atoms. The summed E-state index contributed by atoms with van der Waals surface area (Å²) in [5.41, 5.74) is -0.569. The highest BCUT2D eigenvalue weighted by atomic mass is 19.3. The molecule has 0 radical (unpaired) electrons. The van der Waals surface area contributed by atoms with Gasteiger partial charge in [-0.05, 0) is 52.2 Å². The lowest BCUT2D eigenvalue weighted by Gasteiger charge is -2.26. The van der Waals surface area contributed by atoms with Crippen molar-refractivity contribution in [3.8, 4) is 11.8 Å². The first-order valence-electron chi connectivity index (χ1n) is 9.46. The maximum atomic E-state index is 15.5. The zero-order chi connectivity index (χ0) is 23.4. The fourth-order valence-electron chi connectivity index (χ4n) is 3.06. The molecule has 4 aromatic rings. The fraction of sp³-hybridized carbons (Fsp3) is 0.136. The topological polar surface area (TPSA) is 69.4 Å². The molecule has 0 N–H and O–H groups in total. The van der Waals surface area contributed by atoms with Gasteiger partial charge in [0.25, 0.3) is 5.92 Å². The summed E-state index contributed by atoms with van der Waals surface area (Å²) in [5, 5.41) is 10.3. The highest BCUT2D eigenvalue weighted by Crippen LogP contribution is 2.43. The van der Waals surface area contributed by atoms with Crippen molar-refractivity contribution in [3.63, 3.8) is 0 Å². The van der Waals surface area contributed by atoms with Crippen molar-refractivity contribution >= 4 is 0 Å². The normalized spacial score (nSPS) is 12.2. The molecule has 4 rings (SSSR count). The lowest BCUT2D eigenvalue weighted by molar-refractivity contribution is -0.0458. The zero-order valence-electron chi connectivity index (χ0n) is 16.6. The van der Waals surface area contributed by atoms with Gasteiger partial charge in [-0.25, -0.2) is 22.8 Å². The Kier molecular flexibility index (Phi) is 6.08. The third-order valence-electron chi connectivity index (χ3n) is 4.71. The van der Waals surface area contributed by atoms with Crippen molar-refractivity contribution < 1.29 is 22.0 Å². The van der Waals surface area contributed by atoms with Gasteiger partial charge < -0.3 is 0 Å². The summed E-state index contributed by atoms with van der Waals surface area (Å²) in [6, 6.07) is 7.75. The van der Waals surface area contributed by atoms with Crippen molar-refractivity contribution in [1.82, 2.24) is 30.2 Å². The van der Waals surface area contributed by atoms with Crippen LogP contribution in [0.25, 0.3) is 0 Å². The summed E-state index contributed by atoms with van der Waals surface area (Å²) in [6.07, 6.45) is 2.99. The standard InChI is InChI=1S/C22H13F5N6/c23-15-4-1-14(2-5-15)3-7-17-10-29-21(11-28-17)22(26,27)19(12-33-13-30-31-32-33)18-8-6-16(24)9-20(18)25/h1-2,4-6,8-11,13,19H,12H2. The first kappa shape index (κ1) is 22.0. The van der Waals surface area contributed by atoms with Gasteiger partial charge >= 0.3 is 0 Å². The van der Waals surface area contributed by atoms with Crippen LogP contribution in [0.5, 0.6) is 0 Å². The van der Waals surface area contributed by atoms with Crippen LogP contribution in [-0.2, 0) is 12.5 Å². The second kappa shape index (κ2) is 9.12. The molecule has 166 valence electrons. The number of aromatic nitrogens is 6. The number of halogens is 5. The Labute approximate surface area is 184 Å². The van der Waals surface area contributed by atoms with E-state index in [0.29, 0.717) is 11.6 Å². The molecule has 0 aliphatic heterocycles. The number of hydrogen-bond donors (Lipinski definition) is 0. The van der Waals surface area contributed by atoms with E-state index in [1.165, 1.54) is 24.3 Å². The molecule has 0 spiro atoms. The summed E-state index contributed by atoms with van der Waals surface area (Å²) in [6.45, 7) is -0.504. The minimum absolute atomic E-state index is 0.101. The molecule has 0 aliphatic rings. The molecule has 0 bridgehead atoms. The van der Waals surface area contributed by atoms with Crippen LogP contribution in [0.2, 0.25) is 0 Å². The van der Waals surface area contributed by atoms with E-state index in [2.05, 4.69) is 37.3 Å². The molecule has 0 saturated carbocycles. The van der Waals surface area contributed by atoms with Crippen molar-refractivity contribution in [2.45, 2.75) is 18.4 Å². The predicted octanol–water partition coefficient (Wildman–Crippen LogP) is 3.86. The van der Waals surface area contributed by atoms with Crippen LogP contribution in [0.4, 0.5) is 22.0 Å². The molecule has 0 aliphatic carbocycles. The number of nitrogens with zero attached hydrogens (tertiary/aromatic N) is 6. The van der Waals surface area contributed by atoms with Gasteiger partial charge in [0, 0.05) is 11.6 Å². The van der Waals surface area contributed by atoms with Gasteiger partial charge in [0.15, 0.2) is 0 Å². The molecule has 0 fully saturated rings. The lowest BCUT2D eigenvalue weighted by atomic mass is 9.90. The third-order valence-corrected chi connectivity index (χ3v) is 4.71. The van der Waals surface area contributed by atoms with Crippen LogP contribution in [0.1, 0.15) is 28.4 Å². The average Bonchev–Trinajstić information content (AvgIpc) is 3.31. The summed E-state index contributed by atoms with van der Waals surface area (Å²) in [5.74, 6) is -2.62. The van der Waals surface area contributed by atoms with E-state index in [9.17, 15) is 13.2 Å². The van der Waals surface area contributed by atoms with Crippen LogP contribution >= 0.6 is 0 Å². The Morgan fingerprint density at radius 1 is 0.909 bits per heavy atom. The molecule has 1 atom stereocenters. The number of hydrogen-bond acceptors (Lipinski definition) is 5. The van der Waals surface area contributed by atoms with Gasteiger partial charge in [0.2, 0.25) is 0 Å². The Bertz CT molecular complexity index is 1300. The van der Waals surface area contributed by atoms with Crippen LogP contribution in [0.15, 0.2) is 61.2 Å². The smallest absolute Gasteiger partial charge is 0.250 e. The van der Waals surface area contributed by atoms with Crippen molar-refractivity contribution in [1.29, 1.82) is 0 Å². The first-order valence-corrected chi connectivity index (χ1v) is 9.46. The van der Waals surface area contributed by atoms with Gasteiger partial charge in [0.05, 0.1) is 24.9 Å². The Morgan fingerprint density at radius 3 is 2.30 bits per heavy atom. The highest BCUT2D eigenvalue weighted by molar-refractivity contribution is 5.39. The van der Waals surface area contributed by atoms with Gasteiger partial charge in [-0.15, -0.1) is 5.10 Å². The number of alkyl halides is 2. The molecule has 0 amide bonds. The minimum atomic E-state index is -3.72. The van der Waals surface area contributed by atoms with Crippen LogP contribution < -0.4 is 0 Å². The van der Waals surface area contributed by atoms with E-state index in [0.717, 1.165) is 35.5 Å². The number of tetrazole rings is 1. The van der Waals surface area contributed by atoms with E-state index in [4.69, 9.17) is 0 Å². The largest absolute Gasteiger partial charge is 0.299 e. The molecule has 6 nitrogen and oxygen atoms in total. The molecule has 2 aromatic heterocycles. The predicted molar refractivity (Wildman–Crippen MR) is 105 cm³/mol. The maximum Gasteiger partial charge on any atom is 0.299 e. The zero-order valence-corrected chi connectivity index (χ0v) is 16.6. The van der Waals surface area contributed by atoms with Gasteiger partial charge in [-0.3, -0.25) is 4.98 Å². The van der Waals surface area contributed by atoms with E-state index in [1.54, 1.807) is 0 Å². The molecule has 1 unspecified atom stereocenters. The van der Waals surface area contributed by atoms with Crippen LogP contribution in [0, 0.1) is 29.3 Å². The summed E-state index contributed by atoms with van der Waals surface area (Å²) in [7, 11) is 0. The molecular weight excluding hydrogens is 443 g/mol. The molecule has 2 heterocycles. The maximum absolute atomic E-state index is 15.5. The van der Waals surface area contributed by atoms with E-state index in [1.807, 2.05) is 0 Å². The number of rotatable bonds is 5. The number of benzene rings is 2. The second-order valence-corrected chi connectivity index (χ2v) is 6.92. The van der Waals surface area contributed by atoms with Crippen molar-refractivity contribution in [2.24, 2.45) is 0 Å². The summed E-state index contributed by atoms with van der Waals surface area (Å²) < 4.78 is 72.7. The highest BCUT2D eigenvalue weighted by Gasteiger charge is 2.45. The van der Waals surface area contributed by atoms with Crippen molar-refractivity contribution in [2.75, 3.05) is 0 Å². The Hall–Kier alpha value is -4.20. The molecule has 11 heteroatoms. The van der Waals surface area contributed by atoms with E-state index < -0.39 is 47.1 Å². The monoisotopic (exact) mass is 456 g/mol. The summed E-state index contributed by atoms with van der Waals surface area (Å²) in [4.78, 5) is 7.66. The Morgan fingerprint density at radius 2 is 1.67 bits per heavy atom. The van der Waals surface area contributed by atoms with Crippen LogP contribution in [-0.4, -0.2) is 30.2 Å². The first-order chi connectivity index (χ1) is 15.8. The van der Waals surface area contributed by atoms with Gasteiger partial charge in [0.1, 0.15) is 35.2 Å². The minimum Gasteiger partial charge on any atom is -0.250 e. The van der Waals surface area contributed by atoms with Crippen LogP contribution in [0.3, 0.4) is 0 Å². The third kappa shape index (κ3) is 5.01. The average molecular weight is 456 g/mol. The quantitative estimate of drug-likeness (QED) is 0.337. The fourth-order valence-corrected chi connectivity index (χ4v) is 3.06. The van der Waals surface area contributed by atoms with E-state index in [-0.39, 0.29) is 5.69 Å². The SMILES string of the molecule is Fc1ccc(C#Cc2cnc(C(F)(F)C(Cn3cnnn3)c3ccc(F)cc3F)cn2)cc1. The van der Waals surface area contributed by atoms with Crippen molar-refractivity contribution in [3.05, 3.63) is 101 Å². The van der Waals surface area contributed by atoms with E-state index >= 15 is 8.78 Å². The molecular formula is C22H13F5N6. The van der Waals surface area contributed by atoms with Gasteiger partial charge in [-0.2, -0.15) is 8.78 Å². The lowest BCUT2D eigenvalue weighted by Crippen LogP contribution is -2.30.